The third-order valence-corrected chi connectivity index (χ3v) is 6.99. The first kappa shape index (κ1) is 27.2. The van der Waals surface area contributed by atoms with Gasteiger partial charge in [-0.1, -0.05) is 78.3 Å². The van der Waals surface area contributed by atoms with E-state index in [0.29, 0.717) is 35.1 Å². The fraction of sp³-hybridized carbons (Fsp3) is 0.152. The molecule has 1 unspecified atom stereocenters. The van der Waals surface area contributed by atoms with E-state index in [0.717, 1.165) is 24.2 Å². The van der Waals surface area contributed by atoms with E-state index >= 15 is 0 Å². The van der Waals surface area contributed by atoms with Crippen LogP contribution >= 0.6 is 11.6 Å². The third-order valence-electron chi connectivity index (χ3n) is 6.74. The number of nitrogens with zero attached hydrogens (tertiary/aromatic N) is 1. The van der Waals surface area contributed by atoms with Crippen molar-refractivity contribution in [2.45, 2.75) is 13.1 Å². The molecule has 0 aromatic heterocycles. The SMILES string of the molecule is C[NH+](CCNC(=O)c1ccc(C=C2Oc3ccccc3N(Cc3ccc(Cl)cc3)C2=O)cc1)Cc1ccccc1. The lowest BCUT2D eigenvalue weighted by Gasteiger charge is -2.30. The van der Waals surface area contributed by atoms with E-state index in [1.807, 2.05) is 78.9 Å². The summed E-state index contributed by atoms with van der Waals surface area (Å²) in [5, 5.41) is 3.64. The van der Waals surface area contributed by atoms with Gasteiger partial charge in [-0.05, 0) is 53.6 Å². The molecule has 0 aliphatic carbocycles. The standard InChI is InChI=1S/C33H30ClN3O3/c1-36(22-25-7-3-2-4-8-25)20-19-35-32(38)27-15-11-24(12-16-27)21-31-33(39)37(23-26-13-17-28(34)18-14-26)29-9-5-6-10-30(29)40-31/h2-18,21H,19-20,22-23H2,1H3,(H,35,38)/p+1. The van der Waals surface area contributed by atoms with Crippen molar-refractivity contribution < 1.29 is 19.2 Å². The Labute approximate surface area is 239 Å². The molecule has 202 valence electrons. The predicted octanol–water partition coefficient (Wildman–Crippen LogP) is 4.75. The van der Waals surface area contributed by atoms with Gasteiger partial charge < -0.3 is 15.0 Å². The smallest absolute Gasteiger partial charge is 0.294 e. The molecule has 0 bridgehead atoms. The summed E-state index contributed by atoms with van der Waals surface area (Å²) >= 11 is 6.04. The number of hydrogen-bond donors (Lipinski definition) is 2. The highest BCUT2D eigenvalue weighted by Crippen LogP contribution is 2.36. The lowest BCUT2D eigenvalue weighted by molar-refractivity contribution is -0.892. The maximum Gasteiger partial charge on any atom is 0.294 e. The van der Waals surface area contributed by atoms with Gasteiger partial charge in [0.2, 0.25) is 0 Å². The molecule has 1 heterocycles. The molecule has 0 fully saturated rings. The number of rotatable bonds is 9. The first-order valence-corrected chi connectivity index (χ1v) is 13.6. The first-order valence-electron chi connectivity index (χ1n) is 13.2. The van der Waals surface area contributed by atoms with Gasteiger partial charge in [-0.3, -0.25) is 14.5 Å². The van der Waals surface area contributed by atoms with Gasteiger partial charge in [0, 0.05) is 16.1 Å². The molecular formula is C33H31ClN3O3+. The zero-order chi connectivity index (χ0) is 27.9. The van der Waals surface area contributed by atoms with E-state index in [1.165, 1.54) is 10.5 Å². The topological polar surface area (TPSA) is 63.1 Å². The Hall–Kier alpha value is -4.39. The fourth-order valence-electron chi connectivity index (χ4n) is 4.60. The summed E-state index contributed by atoms with van der Waals surface area (Å²) in [5.41, 5.74) is 4.26. The van der Waals surface area contributed by atoms with E-state index in [2.05, 4.69) is 24.5 Å². The number of halogens is 1. The summed E-state index contributed by atoms with van der Waals surface area (Å²) < 4.78 is 6.00. The number of anilines is 1. The minimum absolute atomic E-state index is 0.125. The van der Waals surface area contributed by atoms with Crippen LogP contribution in [0.3, 0.4) is 0 Å². The largest absolute Gasteiger partial charge is 0.449 e. The maximum atomic E-state index is 13.5. The number of quaternary nitrogens is 1. The minimum Gasteiger partial charge on any atom is -0.449 e. The van der Waals surface area contributed by atoms with Gasteiger partial charge >= 0.3 is 0 Å². The van der Waals surface area contributed by atoms with Crippen molar-refractivity contribution in [1.82, 2.24) is 5.32 Å². The number of benzene rings is 4. The summed E-state index contributed by atoms with van der Waals surface area (Å²) in [7, 11) is 2.12. The molecule has 1 atom stereocenters. The maximum absolute atomic E-state index is 13.5. The van der Waals surface area contributed by atoms with Crippen LogP contribution in [0.4, 0.5) is 5.69 Å². The quantitative estimate of drug-likeness (QED) is 0.295. The first-order chi connectivity index (χ1) is 19.5. The molecule has 5 rings (SSSR count). The molecule has 1 aliphatic rings. The molecule has 0 spiro atoms. The van der Waals surface area contributed by atoms with E-state index in [4.69, 9.17) is 16.3 Å². The highest BCUT2D eigenvalue weighted by molar-refractivity contribution is 6.30. The molecule has 0 radical (unpaired) electrons. The van der Waals surface area contributed by atoms with Crippen molar-refractivity contribution in [3.8, 4) is 5.75 Å². The average molecular weight is 553 g/mol. The Morgan fingerprint density at radius 2 is 1.60 bits per heavy atom. The van der Waals surface area contributed by atoms with E-state index in [1.54, 1.807) is 23.1 Å². The number of amides is 2. The highest BCUT2D eigenvalue weighted by Gasteiger charge is 2.30. The van der Waals surface area contributed by atoms with Gasteiger partial charge in [0.25, 0.3) is 11.8 Å². The van der Waals surface area contributed by atoms with E-state index < -0.39 is 0 Å². The van der Waals surface area contributed by atoms with Crippen LogP contribution in [0.5, 0.6) is 5.75 Å². The number of fused-ring (bicyclic) bond motifs is 1. The molecule has 6 nitrogen and oxygen atoms in total. The monoisotopic (exact) mass is 552 g/mol. The Balaban J connectivity index is 1.23. The Morgan fingerprint density at radius 3 is 2.35 bits per heavy atom. The highest BCUT2D eigenvalue weighted by atomic mass is 35.5. The van der Waals surface area contributed by atoms with Crippen LogP contribution in [-0.4, -0.2) is 32.0 Å². The number of para-hydroxylation sites is 2. The third kappa shape index (κ3) is 6.78. The number of carbonyl (C=O) groups excluding carboxylic acids is 2. The average Bonchev–Trinajstić information content (AvgIpc) is 2.97. The minimum atomic E-state index is -0.238. The van der Waals surface area contributed by atoms with Crippen LogP contribution < -0.4 is 19.9 Å². The van der Waals surface area contributed by atoms with Crippen molar-refractivity contribution in [2.75, 3.05) is 25.0 Å². The van der Waals surface area contributed by atoms with Crippen LogP contribution in [0.2, 0.25) is 5.02 Å². The fourth-order valence-corrected chi connectivity index (χ4v) is 4.72. The van der Waals surface area contributed by atoms with Crippen molar-refractivity contribution in [3.63, 3.8) is 0 Å². The molecule has 1 aliphatic heterocycles. The summed E-state index contributed by atoms with van der Waals surface area (Å²) in [6.07, 6.45) is 1.71. The van der Waals surface area contributed by atoms with E-state index in [9.17, 15) is 9.59 Å². The summed E-state index contributed by atoms with van der Waals surface area (Å²) in [5.74, 6) is 0.462. The molecule has 40 heavy (non-hydrogen) atoms. The zero-order valence-corrected chi connectivity index (χ0v) is 23.0. The Morgan fingerprint density at radius 1 is 0.900 bits per heavy atom. The zero-order valence-electron chi connectivity index (χ0n) is 22.3. The van der Waals surface area contributed by atoms with Gasteiger partial charge in [-0.25, -0.2) is 0 Å². The van der Waals surface area contributed by atoms with Crippen molar-refractivity contribution in [2.24, 2.45) is 0 Å². The van der Waals surface area contributed by atoms with Gasteiger partial charge in [0.1, 0.15) is 6.54 Å². The number of nitrogens with one attached hydrogen (secondary N) is 2. The van der Waals surface area contributed by atoms with Gasteiger partial charge in [0.15, 0.2) is 11.5 Å². The Bertz CT molecular complexity index is 1500. The molecule has 4 aromatic carbocycles. The predicted molar refractivity (Wildman–Crippen MR) is 158 cm³/mol. The van der Waals surface area contributed by atoms with E-state index in [-0.39, 0.29) is 17.6 Å². The Kier molecular flexibility index (Phi) is 8.59. The second-order valence-electron chi connectivity index (χ2n) is 9.84. The summed E-state index contributed by atoms with van der Waals surface area (Å²) in [4.78, 5) is 29.2. The molecule has 2 amide bonds. The number of ether oxygens (including phenoxy) is 1. The molecule has 0 saturated heterocycles. The lowest BCUT2D eigenvalue weighted by Crippen LogP contribution is -3.08. The number of carbonyl (C=O) groups is 2. The van der Waals surface area contributed by atoms with Crippen LogP contribution in [-0.2, 0) is 17.9 Å². The lowest BCUT2D eigenvalue weighted by atomic mass is 10.1. The van der Waals surface area contributed by atoms with Crippen LogP contribution in [0.1, 0.15) is 27.0 Å². The van der Waals surface area contributed by atoms with Gasteiger partial charge in [0.05, 0.1) is 32.4 Å². The van der Waals surface area contributed by atoms with Crippen molar-refractivity contribution >= 4 is 35.2 Å². The van der Waals surface area contributed by atoms with Crippen molar-refractivity contribution in [1.29, 1.82) is 0 Å². The second kappa shape index (κ2) is 12.6. The van der Waals surface area contributed by atoms with Crippen LogP contribution in [0, 0.1) is 0 Å². The molecular weight excluding hydrogens is 522 g/mol. The molecule has 7 heteroatoms. The van der Waals surface area contributed by atoms with Crippen LogP contribution in [0.15, 0.2) is 109 Å². The molecule has 2 N–H and O–H groups in total. The normalized spacial score (nSPS) is 14.4. The van der Waals surface area contributed by atoms with Gasteiger partial charge in [-0.15, -0.1) is 0 Å². The van der Waals surface area contributed by atoms with Crippen molar-refractivity contribution in [3.05, 3.63) is 136 Å². The summed E-state index contributed by atoms with van der Waals surface area (Å²) in [6.45, 7) is 2.68. The number of hydrogen-bond acceptors (Lipinski definition) is 3. The number of likely N-dealkylation sites (N-methyl/N-ethyl adjacent to an activating group) is 1. The van der Waals surface area contributed by atoms with Crippen LogP contribution in [0.25, 0.3) is 6.08 Å². The summed E-state index contributed by atoms with van der Waals surface area (Å²) in [6, 6.07) is 32.4. The molecule has 0 saturated carbocycles. The second-order valence-corrected chi connectivity index (χ2v) is 10.3. The van der Waals surface area contributed by atoms with Gasteiger partial charge in [-0.2, -0.15) is 0 Å². The molecule has 4 aromatic rings.